The summed E-state index contributed by atoms with van der Waals surface area (Å²) in [4.78, 5) is 24.6. The fraction of sp³-hybridized carbons (Fsp3) is 0.600. The van der Waals surface area contributed by atoms with Gasteiger partial charge in [0.15, 0.2) is 0 Å². The summed E-state index contributed by atoms with van der Waals surface area (Å²) >= 11 is 1.30. The van der Waals surface area contributed by atoms with E-state index in [0.29, 0.717) is 4.88 Å². The van der Waals surface area contributed by atoms with E-state index in [4.69, 9.17) is 5.11 Å². The van der Waals surface area contributed by atoms with Gasteiger partial charge in [-0.2, -0.15) is 0 Å². The number of anilines is 1. The molecule has 1 saturated carbocycles. The molecule has 1 aliphatic carbocycles. The van der Waals surface area contributed by atoms with Gasteiger partial charge in [0.25, 0.3) is 5.91 Å². The molecule has 1 fully saturated rings. The normalized spacial score (nSPS) is 17.1. The number of hydrogen-bond donors (Lipinski definition) is 3. The van der Waals surface area contributed by atoms with E-state index >= 15 is 0 Å². The third-order valence-electron chi connectivity index (χ3n) is 3.82. The van der Waals surface area contributed by atoms with Crippen molar-refractivity contribution in [3.8, 4) is 0 Å². The summed E-state index contributed by atoms with van der Waals surface area (Å²) in [6.45, 7) is 5.65. The highest BCUT2D eigenvalue weighted by atomic mass is 32.1. The first-order valence-electron chi connectivity index (χ1n) is 7.25. The molecule has 116 valence electrons. The van der Waals surface area contributed by atoms with Crippen LogP contribution in [0.5, 0.6) is 0 Å². The molecule has 2 amide bonds. The number of carbonyl (C=O) groups excluding carboxylic acids is 2. The van der Waals surface area contributed by atoms with Gasteiger partial charge in [-0.3, -0.25) is 9.59 Å². The van der Waals surface area contributed by atoms with Crippen molar-refractivity contribution < 1.29 is 14.7 Å². The molecule has 0 aromatic carbocycles. The summed E-state index contributed by atoms with van der Waals surface area (Å²) in [7, 11) is 0. The largest absolute Gasteiger partial charge is 0.396 e. The number of amides is 2. The molecule has 0 saturated heterocycles. The number of carbonyl (C=O) groups is 2. The van der Waals surface area contributed by atoms with Gasteiger partial charge in [0.2, 0.25) is 5.91 Å². The Morgan fingerprint density at radius 1 is 1.43 bits per heavy atom. The Morgan fingerprint density at radius 2 is 2.10 bits per heavy atom. The van der Waals surface area contributed by atoms with Crippen LogP contribution in [0.1, 0.15) is 41.9 Å². The number of nitrogens with one attached hydrogen (secondary N) is 2. The van der Waals surface area contributed by atoms with Gasteiger partial charge in [0.1, 0.15) is 0 Å². The lowest BCUT2D eigenvalue weighted by molar-refractivity contribution is -0.117. The zero-order valence-corrected chi connectivity index (χ0v) is 13.4. The van der Waals surface area contributed by atoms with Gasteiger partial charge in [0.05, 0.1) is 9.88 Å². The summed E-state index contributed by atoms with van der Waals surface area (Å²) in [5.41, 5.74) is 0.854. The Hall–Kier alpha value is -1.40. The van der Waals surface area contributed by atoms with Crippen LogP contribution in [0.25, 0.3) is 0 Å². The first kappa shape index (κ1) is 16.0. The molecular formula is C15H22N2O3S. The van der Waals surface area contributed by atoms with Crippen molar-refractivity contribution in [3.63, 3.8) is 0 Å². The molecule has 2 unspecified atom stereocenters. The minimum Gasteiger partial charge on any atom is -0.396 e. The highest BCUT2D eigenvalue weighted by molar-refractivity contribution is 7.18. The third-order valence-corrected chi connectivity index (χ3v) is 4.97. The molecule has 2 rings (SSSR count). The Balaban J connectivity index is 2.00. The van der Waals surface area contributed by atoms with Crippen LogP contribution in [-0.4, -0.2) is 29.6 Å². The van der Waals surface area contributed by atoms with Crippen LogP contribution in [0.2, 0.25) is 0 Å². The smallest absolute Gasteiger partial charge is 0.261 e. The highest BCUT2D eigenvalue weighted by Gasteiger charge is 2.30. The van der Waals surface area contributed by atoms with E-state index < -0.39 is 0 Å². The second-order valence-electron chi connectivity index (χ2n) is 5.81. The van der Waals surface area contributed by atoms with E-state index in [9.17, 15) is 9.59 Å². The first-order valence-corrected chi connectivity index (χ1v) is 8.07. The van der Waals surface area contributed by atoms with Gasteiger partial charge in [-0.05, 0) is 44.2 Å². The van der Waals surface area contributed by atoms with Crippen molar-refractivity contribution in [2.24, 2.45) is 11.8 Å². The predicted molar refractivity (Wildman–Crippen MR) is 83.6 cm³/mol. The molecule has 21 heavy (non-hydrogen) atoms. The zero-order valence-electron chi connectivity index (χ0n) is 12.6. The summed E-state index contributed by atoms with van der Waals surface area (Å²) in [5.74, 6) is 0.0427. The monoisotopic (exact) mass is 310 g/mol. The molecule has 1 aliphatic rings. The van der Waals surface area contributed by atoms with Gasteiger partial charge in [-0.15, -0.1) is 11.3 Å². The molecule has 1 aromatic rings. The summed E-state index contributed by atoms with van der Waals surface area (Å²) in [5, 5.41) is 15.6. The van der Waals surface area contributed by atoms with Crippen molar-refractivity contribution in [1.82, 2.24) is 5.32 Å². The fourth-order valence-corrected chi connectivity index (χ4v) is 2.89. The van der Waals surface area contributed by atoms with Gasteiger partial charge in [0, 0.05) is 18.6 Å². The number of thiophene rings is 1. The van der Waals surface area contributed by atoms with E-state index in [-0.39, 0.29) is 36.3 Å². The average Bonchev–Trinajstić information content (AvgIpc) is 3.22. The van der Waals surface area contributed by atoms with E-state index in [1.54, 1.807) is 0 Å². The molecule has 3 N–H and O–H groups in total. The van der Waals surface area contributed by atoms with Gasteiger partial charge in [-0.25, -0.2) is 0 Å². The minimum absolute atomic E-state index is 0.00302. The summed E-state index contributed by atoms with van der Waals surface area (Å²) in [6.07, 6.45) is 1.92. The number of aliphatic hydroxyl groups excluding tert-OH is 1. The number of hydrogen-bond acceptors (Lipinski definition) is 4. The topological polar surface area (TPSA) is 78.4 Å². The molecule has 0 radical (unpaired) electrons. The fourth-order valence-electron chi connectivity index (χ4n) is 1.91. The maximum atomic E-state index is 12.2. The molecule has 6 heteroatoms. The Labute approximate surface area is 128 Å². The van der Waals surface area contributed by atoms with Crippen LogP contribution >= 0.6 is 11.3 Å². The van der Waals surface area contributed by atoms with Gasteiger partial charge in [-0.1, -0.05) is 6.92 Å². The lowest BCUT2D eigenvalue weighted by atomic mass is 10.1. The molecule has 0 bridgehead atoms. The molecule has 0 aliphatic heterocycles. The van der Waals surface area contributed by atoms with Crippen LogP contribution in [0.15, 0.2) is 6.07 Å². The summed E-state index contributed by atoms with van der Waals surface area (Å²) < 4.78 is 0. The van der Waals surface area contributed by atoms with E-state index in [1.807, 2.05) is 26.8 Å². The quantitative estimate of drug-likeness (QED) is 0.753. The maximum Gasteiger partial charge on any atom is 0.261 e. The van der Waals surface area contributed by atoms with Crippen molar-refractivity contribution in [2.75, 3.05) is 11.9 Å². The van der Waals surface area contributed by atoms with E-state index in [0.717, 1.165) is 23.4 Å². The van der Waals surface area contributed by atoms with Crippen LogP contribution in [0.3, 0.4) is 0 Å². The molecule has 5 nitrogen and oxygen atoms in total. The molecule has 2 atom stereocenters. The van der Waals surface area contributed by atoms with Crippen LogP contribution in [-0.2, 0) is 4.79 Å². The Bertz CT molecular complexity index is 537. The predicted octanol–water partition coefficient (Wildman–Crippen LogP) is 2.15. The third kappa shape index (κ3) is 4.04. The molecule has 0 spiro atoms. The van der Waals surface area contributed by atoms with E-state index in [2.05, 4.69) is 10.6 Å². The number of rotatable bonds is 6. The maximum absolute atomic E-state index is 12.2. The van der Waals surface area contributed by atoms with Gasteiger partial charge < -0.3 is 15.7 Å². The van der Waals surface area contributed by atoms with E-state index in [1.165, 1.54) is 11.3 Å². The van der Waals surface area contributed by atoms with Crippen LogP contribution in [0, 0.1) is 18.8 Å². The molecule has 1 heterocycles. The average molecular weight is 310 g/mol. The zero-order chi connectivity index (χ0) is 15.6. The number of aryl methyl sites for hydroxylation is 1. The van der Waals surface area contributed by atoms with Gasteiger partial charge >= 0.3 is 0 Å². The minimum atomic E-state index is -0.155. The second kappa shape index (κ2) is 6.58. The summed E-state index contributed by atoms with van der Waals surface area (Å²) in [6, 6.07) is 1.73. The SMILES string of the molecule is Cc1cc(NC(=O)C2CC2)sc1C(=O)NC(C)C(C)CO. The number of aliphatic hydroxyl groups is 1. The van der Waals surface area contributed by atoms with Crippen molar-refractivity contribution in [2.45, 2.75) is 39.7 Å². The Kier molecular flexibility index (Phi) is 5.00. The van der Waals surface area contributed by atoms with Crippen LogP contribution < -0.4 is 10.6 Å². The first-order chi connectivity index (χ1) is 9.92. The second-order valence-corrected chi connectivity index (χ2v) is 6.86. The van der Waals surface area contributed by atoms with Crippen molar-refractivity contribution >= 4 is 28.2 Å². The molecular weight excluding hydrogens is 288 g/mol. The standard InChI is InChI=1S/C15H22N2O3S/c1-8-6-12(17-14(19)11-4-5-11)21-13(8)15(20)16-10(3)9(2)7-18/h6,9-11,18H,4-5,7H2,1-3H3,(H,16,20)(H,17,19). The van der Waals surface area contributed by atoms with Crippen molar-refractivity contribution in [3.05, 3.63) is 16.5 Å². The Morgan fingerprint density at radius 3 is 2.67 bits per heavy atom. The lowest BCUT2D eigenvalue weighted by Gasteiger charge is -2.18. The molecule has 1 aromatic heterocycles. The highest BCUT2D eigenvalue weighted by Crippen LogP contribution is 2.32. The van der Waals surface area contributed by atoms with Crippen molar-refractivity contribution in [1.29, 1.82) is 0 Å². The van der Waals surface area contributed by atoms with Crippen LogP contribution in [0.4, 0.5) is 5.00 Å². The lowest BCUT2D eigenvalue weighted by Crippen LogP contribution is -2.38.